The van der Waals surface area contributed by atoms with E-state index < -0.39 is 0 Å². The number of furan rings is 1. The second-order valence-corrected chi connectivity index (χ2v) is 5.65. The van der Waals surface area contributed by atoms with E-state index in [1.807, 2.05) is 36.4 Å². The molecule has 20 heavy (non-hydrogen) atoms. The Balaban J connectivity index is 1.78. The van der Waals surface area contributed by atoms with E-state index in [9.17, 15) is 0 Å². The number of hydrogen-bond donors (Lipinski definition) is 1. The first kappa shape index (κ1) is 15.0. The molecule has 0 aliphatic heterocycles. The average molecular weight is 291 g/mol. The van der Waals surface area contributed by atoms with Crippen molar-refractivity contribution in [3.05, 3.63) is 54.0 Å². The molecule has 1 atom stereocenters. The standard InChI is InChI=1S/C16H21NO2S/c1-2-9-18-14-7-5-13(6-8-14)16(17)12-20-11-15-4-3-10-19-15/h3-8,10,16H,2,9,11-12,17H2,1H3. The number of ether oxygens (including phenoxy) is 1. The van der Waals surface area contributed by atoms with Crippen LogP contribution in [0, 0.1) is 0 Å². The molecule has 0 radical (unpaired) electrons. The zero-order valence-electron chi connectivity index (χ0n) is 11.7. The van der Waals surface area contributed by atoms with Gasteiger partial charge < -0.3 is 14.9 Å². The minimum absolute atomic E-state index is 0.0372. The summed E-state index contributed by atoms with van der Waals surface area (Å²) in [5.74, 6) is 3.63. The monoisotopic (exact) mass is 291 g/mol. The topological polar surface area (TPSA) is 48.4 Å². The summed E-state index contributed by atoms with van der Waals surface area (Å²) in [6.07, 6.45) is 2.72. The molecule has 1 aromatic carbocycles. The van der Waals surface area contributed by atoms with Crippen LogP contribution in [0.5, 0.6) is 5.75 Å². The lowest BCUT2D eigenvalue weighted by atomic mass is 10.1. The molecule has 0 aliphatic rings. The molecule has 3 nitrogen and oxygen atoms in total. The largest absolute Gasteiger partial charge is 0.494 e. The molecule has 1 aromatic heterocycles. The van der Waals surface area contributed by atoms with Crippen LogP contribution < -0.4 is 10.5 Å². The molecule has 108 valence electrons. The van der Waals surface area contributed by atoms with Crippen molar-refractivity contribution in [2.75, 3.05) is 12.4 Å². The Morgan fingerprint density at radius 2 is 2.05 bits per heavy atom. The van der Waals surface area contributed by atoms with Gasteiger partial charge in [-0.25, -0.2) is 0 Å². The van der Waals surface area contributed by atoms with Gasteiger partial charge in [0.25, 0.3) is 0 Å². The quantitative estimate of drug-likeness (QED) is 0.798. The second-order valence-electron chi connectivity index (χ2n) is 4.62. The van der Waals surface area contributed by atoms with Crippen molar-refractivity contribution < 1.29 is 9.15 Å². The molecular weight excluding hydrogens is 270 g/mol. The fourth-order valence-corrected chi connectivity index (χ4v) is 2.74. The van der Waals surface area contributed by atoms with Crippen molar-refractivity contribution in [3.63, 3.8) is 0 Å². The highest BCUT2D eigenvalue weighted by Gasteiger charge is 2.07. The number of rotatable bonds is 8. The molecule has 0 spiro atoms. The predicted molar refractivity (Wildman–Crippen MR) is 84.0 cm³/mol. The van der Waals surface area contributed by atoms with Crippen molar-refractivity contribution in [2.45, 2.75) is 25.1 Å². The highest BCUT2D eigenvalue weighted by molar-refractivity contribution is 7.98. The lowest BCUT2D eigenvalue weighted by molar-refractivity contribution is 0.317. The minimum atomic E-state index is 0.0372. The Bertz CT molecular complexity index is 482. The highest BCUT2D eigenvalue weighted by Crippen LogP contribution is 2.21. The Kier molecular flexibility index (Phi) is 6.02. The molecule has 0 aliphatic carbocycles. The van der Waals surface area contributed by atoms with Crippen molar-refractivity contribution in [2.24, 2.45) is 5.73 Å². The number of benzene rings is 1. The summed E-state index contributed by atoms with van der Waals surface area (Å²) in [7, 11) is 0. The number of hydrogen-bond acceptors (Lipinski definition) is 4. The van der Waals surface area contributed by atoms with Gasteiger partial charge in [-0.1, -0.05) is 19.1 Å². The van der Waals surface area contributed by atoms with E-state index in [4.69, 9.17) is 14.9 Å². The van der Waals surface area contributed by atoms with Crippen LogP contribution in [0.2, 0.25) is 0 Å². The molecule has 0 saturated heterocycles. The smallest absolute Gasteiger partial charge is 0.119 e. The van der Waals surface area contributed by atoms with Crippen LogP contribution in [0.4, 0.5) is 0 Å². The molecule has 2 aromatic rings. The van der Waals surface area contributed by atoms with Gasteiger partial charge in [-0.15, -0.1) is 0 Å². The number of nitrogens with two attached hydrogens (primary N) is 1. The van der Waals surface area contributed by atoms with Crippen LogP contribution in [-0.4, -0.2) is 12.4 Å². The number of thioether (sulfide) groups is 1. The van der Waals surface area contributed by atoms with Crippen molar-refractivity contribution >= 4 is 11.8 Å². The second kappa shape index (κ2) is 8.02. The van der Waals surface area contributed by atoms with E-state index in [1.165, 1.54) is 0 Å². The summed E-state index contributed by atoms with van der Waals surface area (Å²) in [5.41, 5.74) is 7.33. The molecule has 1 heterocycles. The zero-order valence-corrected chi connectivity index (χ0v) is 12.6. The van der Waals surface area contributed by atoms with E-state index in [2.05, 4.69) is 6.92 Å². The van der Waals surface area contributed by atoms with Gasteiger partial charge in [0, 0.05) is 11.8 Å². The summed E-state index contributed by atoms with van der Waals surface area (Å²) >= 11 is 1.78. The lowest BCUT2D eigenvalue weighted by Crippen LogP contribution is -2.13. The first-order valence-electron chi connectivity index (χ1n) is 6.88. The van der Waals surface area contributed by atoms with Crippen LogP contribution >= 0.6 is 11.8 Å². The van der Waals surface area contributed by atoms with Gasteiger partial charge in [0.05, 0.1) is 18.6 Å². The summed E-state index contributed by atoms with van der Waals surface area (Å²) in [6, 6.07) is 12.0. The van der Waals surface area contributed by atoms with Gasteiger partial charge in [-0.3, -0.25) is 0 Å². The highest BCUT2D eigenvalue weighted by atomic mass is 32.2. The molecule has 0 amide bonds. The maximum Gasteiger partial charge on any atom is 0.119 e. The van der Waals surface area contributed by atoms with E-state index >= 15 is 0 Å². The van der Waals surface area contributed by atoms with Gasteiger partial charge >= 0.3 is 0 Å². The van der Waals surface area contributed by atoms with E-state index in [1.54, 1.807) is 18.0 Å². The van der Waals surface area contributed by atoms with E-state index in [0.29, 0.717) is 0 Å². The Hall–Kier alpha value is -1.39. The Morgan fingerprint density at radius 1 is 1.25 bits per heavy atom. The summed E-state index contributed by atoms with van der Waals surface area (Å²) in [4.78, 5) is 0. The molecule has 0 fully saturated rings. The fraction of sp³-hybridized carbons (Fsp3) is 0.375. The Labute approximate surface area is 124 Å². The van der Waals surface area contributed by atoms with Crippen LogP contribution in [0.1, 0.15) is 30.7 Å². The van der Waals surface area contributed by atoms with Gasteiger partial charge in [0.15, 0.2) is 0 Å². The molecule has 2 rings (SSSR count). The van der Waals surface area contributed by atoms with Crippen LogP contribution in [0.15, 0.2) is 47.1 Å². The maximum absolute atomic E-state index is 6.19. The molecule has 1 unspecified atom stereocenters. The van der Waals surface area contributed by atoms with Gasteiger partial charge in [-0.05, 0) is 36.2 Å². The van der Waals surface area contributed by atoms with Crippen molar-refractivity contribution in [1.29, 1.82) is 0 Å². The average Bonchev–Trinajstić information content (AvgIpc) is 2.99. The van der Waals surface area contributed by atoms with Gasteiger partial charge in [0.2, 0.25) is 0 Å². The maximum atomic E-state index is 6.19. The SMILES string of the molecule is CCCOc1ccc(C(N)CSCc2ccco2)cc1. The molecule has 0 saturated carbocycles. The third kappa shape index (κ3) is 4.62. The predicted octanol–water partition coefficient (Wildman–Crippen LogP) is 4.00. The van der Waals surface area contributed by atoms with Crippen LogP contribution in [0.25, 0.3) is 0 Å². The fourth-order valence-electron chi connectivity index (χ4n) is 1.81. The zero-order chi connectivity index (χ0) is 14.2. The van der Waals surface area contributed by atoms with Crippen LogP contribution in [0.3, 0.4) is 0 Å². The van der Waals surface area contributed by atoms with E-state index in [-0.39, 0.29) is 6.04 Å². The summed E-state index contributed by atoms with van der Waals surface area (Å²) < 4.78 is 10.9. The molecule has 0 bridgehead atoms. The van der Waals surface area contributed by atoms with Crippen molar-refractivity contribution in [1.82, 2.24) is 0 Å². The molecule has 4 heteroatoms. The van der Waals surface area contributed by atoms with Crippen molar-refractivity contribution in [3.8, 4) is 5.75 Å². The van der Waals surface area contributed by atoms with Gasteiger partial charge in [0.1, 0.15) is 11.5 Å². The molecule has 2 N–H and O–H groups in total. The first-order chi connectivity index (χ1) is 9.79. The molecular formula is C16H21NO2S. The Morgan fingerprint density at radius 3 is 2.70 bits per heavy atom. The van der Waals surface area contributed by atoms with Crippen LogP contribution in [-0.2, 0) is 5.75 Å². The first-order valence-corrected chi connectivity index (χ1v) is 8.03. The third-order valence-electron chi connectivity index (χ3n) is 2.90. The minimum Gasteiger partial charge on any atom is -0.494 e. The van der Waals surface area contributed by atoms with Gasteiger partial charge in [-0.2, -0.15) is 11.8 Å². The summed E-state index contributed by atoms with van der Waals surface area (Å²) in [5, 5.41) is 0. The normalized spacial score (nSPS) is 12.3. The lowest BCUT2D eigenvalue weighted by Gasteiger charge is -2.12. The summed E-state index contributed by atoms with van der Waals surface area (Å²) in [6.45, 7) is 2.85. The third-order valence-corrected chi connectivity index (χ3v) is 3.99. The van der Waals surface area contributed by atoms with E-state index in [0.717, 1.165) is 41.6 Å².